The van der Waals surface area contributed by atoms with Gasteiger partial charge in [-0.2, -0.15) is 0 Å². The number of methoxy groups -OCH3 is 2. The Balaban J connectivity index is 2.40. The fraction of sp³-hybridized carbons (Fsp3) is 0.267. The quantitative estimate of drug-likeness (QED) is 0.915. The van der Waals surface area contributed by atoms with E-state index >= 15 is 0 Å². The first-order chi connectivity index (χ1) is 9.15. The summed E-state index contributed by atoms with van der Waals surface area (Å²) >= 11 is 0. The van der Waals surface area contributed by atoms with Gasteiger partial charge in [0.25, 0.3) is 0 Å². The van der Waals surface area contributed by atoms with Crippen molar-refractivity contribution < 1.29 is 9.47 Å². The lowest BCUT2D eigenvalue weighted by atomic mass is 9.99. The van der Waals surface area contributed by atoms with Gasteiger partial charge < -0.3 is 15.2 Å². The number of benzene rings is 1. The predicted octanol–water partition coefficient (Wildman–Crippen LogP) is 2.46. The molecule has 0 fully saturated rings. The standard InChI is InChI=1S/C15H18N2O2/c1-10-8-11(6-7-17-10)15(16)13-5-4-12(18-2)9-14(13)19-3/h4-9,15H,16H2,1-3H3. The SMILES string of the molecule is COc1ccc(C(N)c2ccnc(C)c2)c(OC)c1. The Kier molecular flexibility index (Phi) is 4.02. The van der Waals surface area contributed by atoms with Crippen LogP contribution < -0.4 is 15.2 Å². The van der Waals surface area contributed by atoms with Crippen molar-refractivity contribution in [1.29, 1.82) is 0 Å². The van der Waals surface area contributed by atoms with Gasteiger partial charge in [-0.05, 0) is 36.8 Å². The van der Waals surface area contributed by atoms with E-state index in [1.807, 2.05) is 37.3 Å². The number of aromatic nitrogens is 1. The average molecular weight is 258 g/mol. The monoisotopic (exact) mass is 258 g/mol. The first-order valence-electron chi connectivity index (χ1n) is 6.05. The van der Waals surface area contributed by atoms with E-state index in [-0.39, 0.29) is 6.04 Å². The third-order valence-electron chi connectivity index (χ3n) is 3.06. The second kappa shape index (κ2) is 5.71. The van der Waals surface area contributed by atoms with Gasteiger partial charge in [-0.15, -0.1) is 0 Å². The van der Waals surface area contributed by atoms with Crippen LogP contribution in [0, 0.1) is 6.92 Å². The third-order valence-corrected chi connectivity index (χ3v) is 3.06. The predicted molar refractivity (Wildman–Crippen MR) is 74.6 cm³/mol. The summed E-state index contributed by atoms with van der Waals surface area (Å²) < 4.78 is 10.6. The maximum atomic E-state index is 6.30. The van der Waals surface area contributed by atoms with Crippen molar-refractivity contribution in [1.82, 2.24) is 4.98 Å². The van der Waals surface area contributed by atoms with Crippen LogP contribution in [-0.2, 0) is 0 Å². The van der Waals surface area contributed by atoms with Gasteiger partial charge in [-0.3, -0.25) is 4.98 Å². The fourth-order valence-corrected chi connectivity index (χ4v) is 2.02. The van der Waals surface area contributed by atoms with Crippen molar-refractivity contribution in [3.63, 3.8) is 0 Å². The van der Waals surface area contributed by atoms with E-state index in [4.69, 9.17) is 15.2 Å². The van der Waals surface area contributed by atoms with Crippen LogP contribution in [0.5, 0.6) is 11.5 Å². The largest absolute Gasteiger partial charge is 0.497 e. The molecule has 0 saturated heterocycles. The Labute approximate surface area is 113 Å². The molecule has 0 aliphatic rings. The number of hydrogen-bond acceptors (Lipinski definition) is 4. The normalized spacial score (nSPS) is 12.0. The molecule has 2 rings (SSSR count). The van der Waals surface area contributed by atoms with Crippen LogP contribution in [0.4, 0.5) is 0 Å². The van der Waals surface area contributed by atoms with Crippen molar-refractivity contribution in [2.24, 2.45) is 5.73 Å². The summed E-state index contributed by atoms with van der Waals surface area (Å²) in [6.45, 7) is 1.95. The molecule has 100 valence electrons. The zero-order valence-corrected chi connectivity index (χ0v) is 11.4. The van der Waals surface area contributed by atoms with Crippen LogP contribution in [-0.4, -0.2) is 19.2 Å². The van der Waals surface area contributed by atoms with Crippen molar-refractivity contribution in [2.75, 3.05) is 14.2 Å². The molecule has 19 heavy (non-hydrogen) atoms. The molecule has 0 radical (unpaired) electrons. The lowest BCUT2D eigenvalue weighted by Crippen LogP contribution is -2.13. The van der Waals surface area contributed by atoms with E-state index < -0.39 is 0 Å². The first kappa shape index (κ1) is 13.4. The number of rotatable bonds is 4. The van der Waals surface area contributed by atoms with Crippen molar-refractivity contribution in [3.8, 4) is 11.5 Å². The zero-order chi connectivity index (χ0) is 13.8. The summed E-state index contributed by atoms with van der Waals surface area (Å²) in [4.78, 5) is 4.18. The van der Waals surface area contributed by atoms with E-state index in [1.54, 1.807) is 20.4 Å². The molecule has 0 saturated carbocycles. The molecule has 2 aromatic rings. The summed E-state index contributed by atoms with van der Waals surface area (Å²) in [5.74, 6) is 1.47. The molecule has 4 nitrogen and oxygen atoms in total. The second-order valence-corrected chi connectivity index (χ2v) is 4.32. The molecule has 1 atom stereocenters. The molecule has 1 heterocycles. The van der Waals surface area contributed by atoms with Crippen LogP contribution >= 0.6 is 0 Å². The number of nitrogens with two attached hydrogens (primary N) is 1. The minimum absolute atomic E-state index is 0.248. The minimum atomic E-state index is -0.248. The highest BCUT2D eigenvalue weighted by Gasteiger charge is 2.15. The van der Waals surface area contributed by atoms with E-state index in [0.29, 0.717) is 0 Å². The van der Waals surface area contributed by atoms with Crippen LogP contribution in [0.2, 0.25) is 0 Å². The maximum absolute atomic E-state index is 6.30. The Bertz CT molecular complexity index is 570. The number of hydrogen-bond donors (Lipinski definition) is 1. The van der Waals surface area contributed by atoms with E-state index in [9.17, 15) is 0 Å². The van der Waals surface area contributed by atoms with E-state index in [0.717, 1.165) is 28.3 Å². The van der Waals surface area contributed by atoms with Crippen molar-refractivity contribution >= 4 is 0 Å². The smallest absolute Gasteiger partial charge is 0.127 e. The molecule has 0 aliphatic heterocycles. The molecule has 2 N–H and O–H groups in total. The topological polar surface area (TPSA) is 57.4 Å². The lowest BCUT2D eigenvalue weighted by molar-refractivity contribution is 0.390. The molecule has 0 bridgehead atoms. The Morgan fingerprint density at radius 3 is 2.53 bits per heavy atom. The number of aryl methyl sites for hydroxylation is 1. The van der Waals surface area contributed by atoms with Gasteiger partial charge in [0.2, 0.25) is 0 Å². The summed E-state index contributed by atoms with van der Waals surface area (Å²) in [5, 5.41) is 0. The first-order valence-corrected chi connectivity index (χ1v) is 6.05. The zero-order valence-electron chi connectivity index (χ0n) is 11.4. The van der Waals surface area contributed by atoms with Crippen molar-refractivity contribution in [3.05, 3.63) is 53.3 Å². The highest BCUT2D eigenvalue weighted by Crippen LogP contribution is 2.31. The number of pyridine rings is 1. The Morgan fingerprint density at radius 1 is 1.11 bits per heavy atom. The second-order valence-electron chi connectivity index (χ2n) is 4.32. The lowest BCUT2D eigenvalue weighted by Gasteiger charge is -2.17. The maximum Gasteiger partial charge on any atom is 0.127 e. The molecule has 1 aromatic heterocycles. The molecule has 1 unspecified atom stereocenters. The van der Waals surface area contributed by atoms with Gasteiger partial charge in [0.05, 0.1) is 20.3 Å². The van der Waals surface area contributed by atoms with Gasteiger partial charge in [0.15, 0.2) is 0 Å². The van der Waals surface area contributed by atoms with Gasteiger partial charge in [0, 0.05) is 23.5 Å². The average Bonchev–Trinajstić information content (AvgIpc) is 2.45. The molecule has 0 amide bonds. The number of ether oxygens (including phenoxy) is 2. The minimum Gasteiger partial charge on any atom is -0.497 e. The molecule has 4 heteroatoms. The van der Waals surface area contributed by atoms with Crippen LogP contribution in [0.3, 0.4) is 0 Å². The summed E-state index contributed by atoms with van der Waals surface area (Å²) in [6, 6.07) is 9.30. The summed E-state index contributed by atoms with van der Waals surface area (Å²) in [7, 11) is 3.25. The van der Waals surface area contributed by atoms with E-state index in [1.165, 1.54) is 0 Å². The van der Waals surface area contributed by atoms with Crippen LogP contribution in [0.25, 0.3) is 0 Å². The van der Waals surface area contributed by atoms with E-state index in [2.05, 4.69) is 4.98 Å². The Hall–Kier alpha value is -2.07. The Morgan fingerprint density at radius 2 is 1.89 bits per heavy atom. The fourth-order valence-electron chi connectivity index (χ4n) is 2.02. The molecule has 0 spiro atoms. The highest BCUT2D eigenvalue weighted by atomic mass is 16.5. The molecular formula is C15H18N2O2. The summed E-state index contributed by atoms with van der Waals surface area (Å²) in [6.07, 6.45) is 1.76. The van der Waals surface area contributed by atoms with Crippen molar-refractivity contribution in [2.45, 2.75) is 13.0 Å². The van der Waals surface area contributed by atoms with Gasteiger partial charge >= 0.3 is 0 Å². The molecular weight excluding hydrogens is 240 g/mol. The number of nitrogens with zero attached hydrogens (tertiary/aromatic N) is 1. The van der Waals surface area contributed by atoms with Gasteiger partial charge in [0.1, 0.15) is 11.5 Å². The third kappa shape index (κ3) is 2.85. The van der Waals surface area contributed by atoms with Gasteiger partial charge in [-0.1, -0.05) is 0 Å². The molecule has 0 aliphatic carbocycles. The van der Waals surface area contributed by atoms with Gasteiger partial charge in [-0.25, -0.2) is 0 Å². The van der Waals surface area contributed by atoms with Crippen LogP contribution in [0.1, 0.15) is 22.9 Å². The summed E-state index contributed by atoms with van der Waals surface area (Å²) in [5.41, 5.74) is 9.18. The van der Waals surface area contributed by atoms with Crippen LogP contribution in [0.15, 0.2) is 36.5 Å². The highest BCUT2D eigenvalue weighted by molar-refractivity contribution is 5.45. The molecule has 1 aromatic carbocycles.